The molecule has 0 heterocycles. The fraction of sp³-hybridized carbons (Fsp3) is 0.100. The summed E-state index contributed by atoms with van der Waals surface area (Å²) in [4.78, 5) is 10.4. The summed E-state index contributed by atoms with van der Waals surface area (Å²) in [5, 5.41) is 0. The molecule has 13 heavy (non-hydrogen) atoms. The molecule has 3 heteroatoms. The molecule has 0 radical (unpaired) electrons. The molecule has 0 unspecified atom stereocenters. The lowest BCUT2D eigenvalue weighted by Crippen LogP contribution is -2.07. The first-order valence-corrected chi connectivity index (χ1v) is 3.99. The Hall–Kier alpha value is -1.77. The number of rotatable bonds is 3. The Labute approximate surface area is 77.0 Å². The van der Waals surface area contributed by atoms with E-state index in [4.69, 9.17) is 11.5 Å². The van der Waals surface area contributed by atoms with Crippen LogP contribution in [0.5, 0.6) is 0 Å². The van der Waals surface area contributed by atoms with Gasteiger partial charge in [0, 0.05) is 12.1 Å². The molecule has 0 saturated carbocycles. The number of hydrogen-bond donors (Lipinski definition) is 2. The average Bonchev–Trinajstić information content (AvgIpc) is 2.08. The van der Waals surface area contributed by atoms with E-state index in [0.717, 1.165) is 11.3 Å². The standard InChI is InChI=1S/C10H12N2O/c11-9-6-4-8(5-7-9)2-1-3-10(12)13/h1-2,4-7H,3,11H2,(H2,12,13). The monoisotopic (exact) mass is 176 g/mol. The Kier molecular flexibility index (Phi) is 3.09. The van der Waals surface area contributed by atoms with Crippen LogP contribution in [-0.4, -0.2) is 5.91 Å². The molecule has 1 aromatic rings. The zero-order chi connectivity index (χ0) is 9.68. The molecule has 0 aliphatic rings. The maximum Gasteiger partial charge on any atom is 0.221 e. The Morgan fingerprint density at radius 1 is 1.31 bits per heavy atom. The van der Waals surface area contributed by atoms with Gasteiger partial charge in [-0.05, 0) is 17.7 Å². The second-order valence-corrected chi connectivity index (χ2v) is 2.74. The van der Waals surface area contributed by atoms with Crippen LogP contribution in [0.4, 0.5) is 5.69 Å². The summed E-state index contributed by atoms with van der Waals surface area (Å²) in [5.74, 6) is -0.327. The van der Waals surface area contributed by atoms with E-state index in [-0.39, 0.29) is 12.3 Å². The zero-order valence-corrected chi connectivity index (χ0v) is 7.23. The highest BCUT2D eigenvalue weighted by atomic mass is 16.1. The molecule has 0 aliphatic carbocycles. The lowest BCUT2D eigenvalue weighted by molar-refractivity contribution is -0.117. The van der Waals surface area contributed by atoms with Crippen LogP contribution < -0.4 is 11.5 Å². The quantitative estimate of drug-likeness (QED) is 0.678. The van der Waals surface area contributed by atoms with Gasteiger partial charge in [-0.2, -0.15) is 0 Å². The second-order valence-electron chi connectivity index (χ2n) is 2.74. The Morgan fingerprint density at radius 3 is 2.46 bits per heavy atom. The zero-order valence-electron chi connectivity index (χ0n) is 7.23. The summed E-state index contributed by atoms with van der Waals surface area (Å²) >= 11 is 0. The van der Waals surface area contributed by atoms with Crippen molar-refractivity contribution in [1.29, 1.82) is 0 Å². The number of carbonyl (C=O) groups excluding carboxylic acids is 1. The third-order valence-corrected chi connectivity index (χ3v) is 1.57. The number of anilines is 1. The molecule has 0 atom stereocenters. The molecule has 0 bridgehead atoms. The summed E-state index contributed by atoms with van der Waals surface area (Å²) in [6, 6.07) is 7.38. The van der Waals surface area contributed by atoms with E-state index in [1.54, 1.807) is 6.08 Å². The largest absolute Gasteiger partial charge is 0.399 e. The van der Waals surface area contributed by atoms with Crippen LogP contribution in [0.3, 0.4) is 0 Å². The molecule has 0 saturated heterocycles. The van der Waals surface area contributed by atoms with Gasteiger partial charge in [0.25, 0.3) is 0 Å². The molecule has 0 aromatic heterocycles. The number of primary amides is 1. The first-order chi connectivity index (χ1) is 6.18. The van der Waals surface area contributed by atoms with Gasteiger partial charge < -0.3 is 11.5 Å². The molecule has 68 valence electrons. The van der Waals surface area contributed by atoms with Crippen LogP contribution in [0.2, 0.25) is 0 Å². The van der Waals surface area contributed by atoms with Gasteiger partial charge in [0.05, 0.1) is 0 Å². The van der Waals surface area contributed by atoms with Gasteiger partial charge in [-0.1, -0.05) is 24.3 Å². The van der Waals surface area contributed by atoms with Crippen LogP contribution in [-0.2, 0) is 4.79 Å². The topological polar surface area (TPSA) is 69.1 Å². The van der Waals surface area contributed by atoms with E-state index in [1.807, 2.05) is 30.3 Å². The van der Waals surface area contributed by atoms with Crippen LogP contribution in [0.15, 0.2) is 30.3 Å². The normalized spacial score (nSPS) is 10.5. The molecular weight excluding hydrogens is 164 g/mol. The molecule has 1 aromatic carbocycles. The molecule has 1 amide bonds. The van der Waals surface area contributed by atoms with E-state index in [0.29, 0.717) is 0 Å². The van der Waals surface area contributed by atoms with Crippen molar-refractivity contribution in [2.75, 3.05) is 5.73 Å². The van der Waals surface area contributed by atoms with Crippen molar-refractivity contribution in [3.05, 3.63) is 35.9 Å². The number of hydrogen-bond acceptors (Lipinski definition) is 2. The van der Waals surface area contributed by atoms with E-state index >= 15 is 0 Å². The minimum absolute atomic E-state index is 0.268. The van der Waals surface area contributed by atoms with Crippen molar-refractivity contribution in [2.24, 2.45) is 5.73 Å². The molecule has 4 N–H and O–H groups in total. The predicted molar refractivity (Wildman–Crippen MR) is 53.7 cm³/mol. The number of carbonyl (C=O) groups is 1. The van der Waals surface area contributed by atoms with E-state index in [2.05, 4.69) is 0 Å². The number of benzene rings is 1. The Bertz CT molecular complexity index is 314. The second kappa shape index (κ2) is 4.30. The predicted octanol–water partition coefficient (Wildman–Crippen LogP) is 1.16. The maximum absolute atomic E-state index is 10.4. The molecule has 0 fully saturated rings. The van der Waals surface area contributed by atoms with Crippen molar-refractivity contribution in [3.63, 3.8) is 0 Å². The van der Waals surface area contributed by atoms with Crippen molar-refractivity contribution in [1.82, 2.24) is 0 Å². The van der Waals surface area contributed by atoms with Gasteiger partial charge in [0.1, 0.15) is 0 Å². The Balaban J connectivity index is 2.59. The van der Waals surface area contributed by atoms with Gasteiger partial charge in [-0.25, -0.2) is 0 Å². The number of nitrogen functional groups attached to an aromatic ring is 1. The average molecular weight is 176 g/mol. The minimum atomic E-state index is -0.327. The van der Waals surface area contributed by atoms with Crippen LogP contribution in [0.25, 0.3) is 6.08 Å². The lowest BCUT2D eigenvalue weighted by Gasteiger charge is -1.93. The van der Waals surface area contributed by atoms with Crippen LogP contribution >= 0.6 is 0 Å². The van der Waals surface area contributed by atoms with Gasteiger partial charge in [-0.15, -0.1) is 0 Å². The summed E-state index contributed by atoms with van der Waals surface area (Å²) in [6.45, 7) is 0. The van der Waals surface area contributed by atoms with Crippen LogP contribution in [0.1, 0.15) is 12.0 Å². The summed E-state index contributed by atoms with van der Waals surface area (Å²) in [6.07, 6.45) is 3.84. The summed E-state index contributed by atoms with van der Waals surface area (Å²) in [5.41, 5.74) is 12.2. The third kappa shape index (κ3) is 3.42. The fourth-order valence-corrected chi connectivity index (χ4v) is 0.918. The van der Waals surface area contributed by atoms with E-state index < -0.39 is 0 Å². The van der Waals surface area contributed by atoms with Gasteiger partial charge in [0.2, 0.25) is 5.91 Å². The van der Waals surface area contributed by atoms with Gasteiger partial charge >= 0.3 is 0 Å². The van der Waals surface area contributed by atoms with Gasteiger partial charge in [-0.3, -0.25) is 4.79 Å². The van der Waals surface area contributed by atoms with Crippen molar-refractivity contribution in [2.45, 2.75) is 6.42 Å². The Morgan fingerprint density at radius 2 is 1.92 bits per heavy atom. The minimum Gasteiger partial charge on any atom is -0.399 e. The van der Waals surface area contributed by atoms with Crippen molar-refractivity contribution < 1.29 is 4.79 Å². The first-order valence-electron chi connectivity index (χ1n) is 3.99. The smallest absolute Gasteiger partial charge is 0.221 e. The van der Waals surface area contributed by atoms with E-state index in [9.17, 15) is 4.79 Å². The highest BCUT2D eigenvalue weighted by Gasteiger charge is 1.88. The van der Waals surface area contributed by atoms with E-state index in [1.165, 1.54) is 0 Å². The summed E-state index contributed by atoms with van der Waals surface area (Å²) in [7, 11) is 0. The maximum atomic E-state index is 10.4. The summed E-state index contributed by atoms with van der Waals surface area (Å²) < 4.78 is 0. The lowest BCUT2D eigenvalue weighted by atomic mass is 10.2. The third-order valence-electron chi connectivity index (χ3n) is 1.57. The molecule has 0 spiro atoms. The van der Waals surface area contributed by atoms with Crippen molar-refractivity contribution in [3.8, 4) is 0 Å². The molecule has 3 nitrogen and oxygen atoms in total. The first kappa shape index (κ1) is 9.32. The highest BCUT2D eigenvalue weighted by Crippen LogP contribution is 2.07. The SMILES string of the molecule is NC(=O)CC=Cc1ccc(N)cc1. The van der Waals surface area contributed by atoms with Gasteiger partial charge in [0.15, 0.2) is 0 Å². The molecular formula is C10H12N2O. The molecule has 1 rings (SSSR count). The highest BCUT2D eigenvalue weighted by molar-refractivity contribution is 5.76. The van der Waals surface area contributed by atoms with Crippen molar-refractivity contribution >= 4 is 17.7 Å². The number of nitrogens with two attached hydrogens (primary N) is 2. The fourth-order valence-electron chi connectivity index (χ4n) is 0.918. The number of amides is 1. The van der Waals surface area contributed by atoms with Crippen LogP contribution in [0, 0.1) is 0 Å². The molecule has 0 aliphatic heterocycles.